The third kappa shape index (κ3) is 4.21. The van der Waals surface area contributed by atoms with Gasteiger partial charge in [-0.1, -0.05) is 18.1 Å². The summed E-state index contributed by atoms with van der Waals surface area (Å²) in [7, 11) is -3.29. The third-order valence-corrected chi connectivity index (χ3v) is 6.66. The number of aromatic nitrogens is 1. The first-order valence-electron chi connectivity index (χ1n) is 8.84. The highest BCUT2D eigenvalue weighted by atomic mass is 32.2. The van der Waals surface area contributed by atoms with Crippen LogP contribution >= 0.6 is 0 Å². The number of hydrogen-bond acceptors (Lipinski definition) is 6. The van der Waals surface area contributed by atoms with Crippen molar-refractivity contribution in [2.24, 2.45) is 5.16 Å². The molecule has 1 aromatic heterocycles. The van der Waals surface area contributed by atoms with Gasteiger partial charge >= 0.3 is 0 Å². The van der Waals surface area contributed by atoms with Crippen LogP contribution in [0, 0.1) is 0 Å². The zero-order chi connectivity index (χ0) is 18.6. The summed E-state index contributed by atoms with van der Waals surface area (Å²) in [5, 5.41) is 6.76. The Morgan fingerprint density at radius 1 is 1.46 bits per heavy atom. The normalized spacial score (nSPS) is 23.5. The van der Waals surface area contributed by atoms with Crippen molar-refractivity contribution in [3.63, 3.8) is 0 Å². The second kappa shape index (κ2) is 7.71. The number of carbonyl (C=O) groups excluding carboxylic acids is 1. The molecule has 0 aliphatic carbocycles. The molecule has 0 saturated carbocycles. The van der Waals surface area contributed by atoms with Crippen molar-refractivity contribution >= 4 is 21.6 Å². The molecule has 0 unspecified atom stereocenters. The monoisotopic (exact) mass is 380 g/mol. The highest BCUT2D eigenvalue weighted by Gasteiger charge is 2.46. The van der Waals surface area contributed by atoms with E-state index in [9.17, 15) is 13.2 Å². The highest BCUT2D eigenvalue weighted by molar-refractivity contribution is 7.89. The average Bonchev–Trinajstić information content (AvgIpc) is 3.04. The third-order valence-electron chi connectivity index (χ3n) is 4.64. The molecule has 0 radical (unpaired) electrons. The second-order valence-corrected chi connectivity index (χ2v) is 8.87. The zero-order valence-corrected chi connectivity index (χ0v) is 15.7. The van der Waals surface area contributed by atoms with E-state index in [2.05, 4.69) is 15.5 Å². The Balaban J connectivity index is 1.58. The van der Waals surface area contributed by atoms with Gasteiger partial charge in [-0.2, -0.15) is 4.31 Å². The van der Waals surface area contributed by atoms with Crippen molar-refractivity contribution in [2.45, 2.75) is 44.8 Å². The van der Waals surface area contributed by atoms with Gasteiger partial charge in [-0.3, -0.25) is 9.78 Å². The molecule has 2 aliphatic rings. The van der Waals surface area contributed by atoms with E-state index in [1.807, 2.05) is 13.0 Å². The molecular formula is C17H24N4O4S. The number of sulfonamides is 1. The van der Waals surface area contributed by atoms with Crippen molar-refractivity contribution in [3.05, 3.63) is 30.1 Å². The molecule has 3 heterocycles. The molecule has 9 heteroatoms. The van der Waals surface area contributed by atoms with E-state index in [1.165, 1.54) is 4.31 Å². The van der Waals surface area contributed by atoms with Gasteiger partial charge in [-0.05, 0) is 30.9 Å². The fourth-order valence-corrected chi connectivity index (χ4v) is 4.94. The number of nitrogens with zero attached hydrogens (tertiary/aromatic N) is 3. The Morgan fingerprint density at radius 2 is 2.31 bits per heavy atom. The van der Waals surface area contributed by atoms with Gasteiger partial charge in [0.2, 0.25) is 10.0 Å². The predicted molar refractivity (Wildman–Crippen MR) is 96.8 cm³/mol. The lowest BCUT2D eigenvalue weighted by molar-refractivity contribution is -0.115. The van der Waals surface area contributed by atoms with Crippen LogP contribution in [0.15, 0.2) is 29.7 Å². The van der Waals surface area contributed by atoms with Crippen LogP contribution in [0.5, 0.6) is 0 Å². The van der Waals surface area contributed by atoms with Crippen LogP contribution in [0.4, 0.5) is 0 Å². The lowest BCUT2D eigenvalue weighted by Crippen LogP contribution is -2.51. The highest BCUT2D eigenvalue weighted by Crippen LogP contribution is 2.34. The number of pyridine rings is 1. The SMILES string of the molecule is CCCS(=O)(=O)N1CCC[C@]2(CC(C(=O)NCc3cccnc3)=NO2)C1. The number of carbonyl (C=O) groups is 1. The first-order chi connectivity index (χ1) is 12.4. The molecule has 26 heavy (non-hydrogen) atoms. The molecule has 8 nitrogen and oxygen atoms in total. The number of oxime groups is 1. The maximum atomic E-state index is 12.4. The molecule has 0 aromatic carbocycles. The van der Waals surface area contributed by atoms with Gasteiger partial charge in [0.15, 0.2) is 5.60 Å². The van der Waals surface area contributed by atoms with E-state index in [0.717, 1.165) is 5.56 Å². The van der Waals surface area contributed by atoms with Crippen LogP contribution in [-0.2, 0) is 26.2 Å². The Hall–Kier alpha value is -2.00. The molecule has 1 amide bonds. The van der Waals surface area contributed by atoms with Crippen molar-refractivity contribution in [1.29, 1.82) is 0 Å². The standard InChI is InChI=1S/C17H24N4O4S/c1-2-9-26(23,24)21-8-4-6-17(13-21)10-15(20-25-17)16(22)19-12-14-5-3-7-18-11-14/h3,5,7,11H,2,4,6,8-10,12-13H2,1H3,(H,19,22)/t17-/m0/s1. The molecule has 1 spiro atoms. The van der Waals surface area contributed by atoms with Crippen molar-refractivity contribution in [1.82, 2.24) is 14.6 Å². The van der Waals surface area contributed by atoms with Crippen molar-refractivity contribution < 1.29 is 18.0 Å². The van der Waals surface area contributed by atoms with Gasteiger partial charge in [0.25, 0.3) is 5.91 Å². The van der Waals surface area contributed by atoms with Crippen LogP contribution in [0.3, 0.4) is 0 Å². The van der Waals surface area contributed by atoms with Crippen LogP contribution < -0.4 is 5.32 Å². The molecule has 1 fully saturated rings. The topological polar surface area (TPSA) is 101 Å². The molecule has 1 N–H and O–H groups in total. The zero-order valence-electron chi connectivity index (χ0n) is 14.8. The second-order valence-electron chi connectivity index (χ2n) is 6.79. The summed E-state index contributed by atoms with van der Waals surface area (Å²) < 4.78 is 26.2. The molecule has 1 aromatic rings. The number of nitrogens with one attached hydrogen (secondary N) is 1. The van der Waals surface area contributed by atoms with Crippen molar-refractivity contribution in [2.75, 3.05) is 18.8 Å². The first kappa shape index (κ1) is 18.8. The minimum absolute atomic E-state index is 0.127. The molecule has 1 saturated heterocycles. The minimum atomic E-state index is -3.29. The maximum Gasteiger partial charge on any atom is 0.269 e. The lowest BCUT2D eigenvalue weighted by atomic mass is 9.89. The Kier molecular flexibility index (Phi) is 5.57. The summed E-state index contributed by atoms with van der Waals surface area (Å²) in [6.45, 7) is 2.95. The molecule has 2 aliphatic heterocycles. The number of rotatable bonds is 6. The summed E-state index contributed by atoms with van der Waals surface area (Å²) in [5.41, 5.74) is 0.480. The van der Waals surface area contributed by atoms with E-state index in [4.69, 9.17) is 4.84 Å². The summed E-state index contributed by atoms with van der Waals surface area (Å²) in [6.07, 6.45) is 5.64. The molecule has 0 bridgehead atoms. The van der Waals surface area contributed by atoms with Crippen LogP contribution in [-0.4, -0.2) is 53.8 Å². The number of amides is 1. The Labute approximate surface area is 153 Å². The van der Waals surface area contributed by atoms with E-state index in [1.54, 1.807) is 18.5 Å². The Morgan fingerprint density at radius 3 is 3.04 bits per heavy atom. The fraction of sp³-hybridized carbons (Fsp3) is 0.588. The largest absolute Gasteiger partial charge is 0.387 e. The predicted octanol–water partition coefficient (Wildman–Crippen LogP) is 1.05. The van der Waals surface area contributed by atoms with E-state index in [0.29, 0.717) is 44.5 Å². The summed E-state index contributed by atoms with van der Waals surface area (Å²) in [5.74, 6) is -0.165. The fourth-order valence-electron chi connectivity index (χ4n) is 3.33. The molecule has 1 atom stereocenters. The number of hydrogen-bond donors (Lipinski definition) is 1. The van der Waals surface area contributed by atoms with Gasteiger partial charge in [-0.25, -0.2) is 8.42 Å². The van der Waals surface area contributed by atoms with E-state index in [-0.39, 0.29) is 18.2 Å². The minimum Gasteiger partial charge on any atom is -0.387 e. The lowest BCUT2D eigenvalue weighted by Gasteiger charge is -2.37. The number of piperidine rings is 1. The van der Waals surface area contributed by atoms with E-state index >= 15 is 0 Å². The smallest absolute Gasteiger partial charge is 0.269 e. The average molecular weight is 380 g/mol. The Bertz CT molecular complexity index is 781. The molecule has 142 valence electrons. The van der Waals surface area contributed by atoms with Crippen LogP contribution in [0.2, 0.25) is 0 Å². The quantitative estimate of drug-likeness (QED) is 0.795. The van der Waals surface area contributed by atoms with Gasteiger partial charge in [0.1, 0.15) is 5.71 Å². The summed E-state index contributed by atoms with van der Waals surface area (Å²) in [6, 6.07) is 3.68. The summed E-state index contributed by atoms with van der Waals surface area (Å²) >= 11 is 0. The van der Waals surface area contributed by atoms with Gasteiger partial charge in [0, 0.05) is 31.9 Å². The van der Waals surface area contributed by atoms with E-state index < -0.39 is 15.6 Å². The molecule has 3 rings (SSSR count). The van der Waals surface area contributed by atoms with Crippen LogP contribution in [0.25, 0.3) is 0 Å². The van der Waals surface area contributed by atoms with Crippen LogP contribution in [0.1, 0.15) is 38.2 Å². The molecular weight excluding hydrogens is 356 g/mol. The van der Waals surface area contributed by atoms with Crippen molar-refractivity contribution in [3.8, 4) is 0 Å². The van der Waals surface area contributed by atoms with Gasteiger partial charge in [-0.15, -0.1) is 0 Å². The van der Waals surface area contributed by atoms with Gasteiger partial charge in [0.05, 0.1) is 12.3 Å². The van der Waals surface area contributed by atoms with Gasteiger partial charge < -0.3 is 10.2 Å². The maximum absolute atomic E-state index is 12.4. The summed E-state index contributed by atoms with van der Waals surface area (Å²) in [4.78, 5) is 21.9. The first-order valence-corrected chi connectivity index (χ1v) is 10.4.